The first-order chi connectivity index (χ1) is 6.67. The van der Waals surface area contributed by atoms with Crippen LogP contribution in [0.15, 0.2) is 18.2 Å². The lowest BCUT2D eigenvalue weighted by Gasteiger charge is -2.19. The number of hydrogen-bond acceptors (Lipinski definition) is 2. The first kappa shape index (κ1) is 11.1. The molecule has 0 aliphatic heterocycles. The van der Waals surface area contributed by atoms with Gasteiger partial charge in [-0.05, 0) is 51.0 Å². The first-order valence-corrected chi connectivity index (χ1v) is 5.17. The summed E-state index contributed by atoms with van der Waals surface area (Å²) in [5.74, 6) is 0.928. The third-order valence-corrected chi connectivity index (χ3v) is 2.42. The number of hydrogen-bond donors (Lipinski definition) is 0. The van der Waals surface area contributed by atoms with Crippen LogP contribution in [0.1, 0.15) is 25.0 Å². The highest BCUT2D eigenvalue weighted by Crippen LogP contribution is 2.17. The SMILES string of the molecule is CCN(CC)Oc1ccc(C)c(C)c1. The van der Waals surface area contributed by atoms with Crippen molar-refractivity contribution in [3.63, 3.8) is 0 Å². The summed E-state index contributed by atoms with van der Waals surface area (Å²) in [6, 6.07) is 6.18. The molecule has 0 fully saturated rings. The molecule has 0 atom stereocenters. The average Bonchev–Trinajstić information content (AvgIpc) is 2.19. The van der Waals surface area contributed by atoms with Gasteiger partial charge in [-0.1, -0.05) is 6.07 Å². The summed E-state index contributed by atoms with van der Waals surface area (Å²) in [6.07, 6.45) is 0. The summed E-state index contributed by atoms with van der Waals surface area (Å²) >= 11 is 0. The van der Waals surface area contributed by atoms with Crippen LogP contribution in [0.25, 0.3) is 0 Å². The monoisotopic (exact) mass is 193 g/mol. The van der Waals surface area contributed by atoms with Crippen molar-refractivity contribution in [2.24, 2.45) is 0 Å². The van der Waals surface area contributed by atoms with Gasteiger partial charge in [-0.25, -0.2) is 0 Å². The predicted molar refractivity (Wildman–Crippen MR) is 59.5 cm³/mol. The standard InChI is InChI=1S/C12H19NO/c1-5-13(6-2)14-12-8-7-10(3)11(4)9-12/h7-9H,5-6H2,1-4H3. The summed E-state index contributed by atoms with van der Waals surface area (Å²) < 4.78 is 0. The number of rotatable bonds is 4. The fourth-order valence-corrected chi connectivity index (χ4v) is 1.27. The molecule has 0 saturated carbocycles. The molecule has 0 saturated heterocycles. The lowest BCUT2D eigenvalue weighted by molar-refractivity contribution is -0.0487. The van der Waals surface area contributed by atoms with E-state index in [0.29, 0.717) is 0 Å². The van der Waals surface area contributed by atoms with Gasteiger partial charge >= 0.3 is 0 Å². The van der Waals surface area contributed by atoms with E-state index in [1.165, 1.54) is 11.1 Å². The maximum atomic E-state index is 5.68. The van der Waals surface area contributed by atoms with Crippen molar-refractivity contribution in [3.8, 4) is 5.75 Å². The Bertz CT molecular complexity index is 292. The smallest absolute Gasteiger partial charge is 0.147 e. The van der Waals surface area contributed by atoms with Gasteiger partial charge in [0.1, 0.15) is 5.75 Å². The number of nitrogens with zero attached hydrogens (tertiary/aromatic N) is 1. The Hall–Kier alpha value is -1.02. The summed E-state index contributed by atoms with van der Waals surface area (Å²) in [6.45, 7) is 10.2. The van der Waals surface area contributed by atoms with Crippen molar-refractivity contribution in [2.75, 3.05) is 13.1 Å². The van der Waals surface area contributed by atoms with E-state index in [1.54, 1.807) is 0 Å². The molecule has 1 aromatic carbocycles. The van der Waals surface area contributed by atoms with Crippen LogP contribution in [0.4, 0.5) is 0 Å². The molecule has 0 N–H and O–H groups in total. The second-order valence-corrected chi connectivity index (χ2v) is 3.45. The van der Waals surface area contributed by atoms with Gasteiger partial charge in [-0.3, -0.25) is 0 Å². The Morgan fingerprint density at radius 3 is 2.21 bits per heavy atom. The molecular formula is C12H19NO. The van der Waals surface area contributed by atoms with Gasteiger partial charge < -0.3 is 4.84 Å². The molecule has 2 nitrogen and oxygen atoms in total. The van der Waals surface area contributed by atoms with Crippen molar-refractivity contribution >= 4 is 0 Å². The molecule has 1 aromatic rings. The van der Waals surface area contributed by atoms with Gasteiger partial charge in [0.05, 0.1) is 0 Å². The van der Waals surface area contributed by atoms with Crippen molar-refractivity contribution in [1.82, 2.24) is 5.06 Å². The lowest BCUT2D eigenvalue weighted by Crippen LogP contribution is -2.26. The minimum atomic E-state index is 0.906. The van der Waals surface area contributed by atoms with Crippen molar-refractivity contribution in [2.45, 2.75) is 27.7 Å². The van der Waals surface area contributed by atoms with E-state index in [9.17, 15) is 0 Å². The molecule has 0 radical (unpaired) electrons. The van der Waals surface area contributed by atoms with Crippen LogP contribution in [-0.2, 0) is 0 Å². The quantitative estimate of drug-likeness (QED) is 0.682. The molecule has 0 bridgehead atoms. The summed E-state index contributed by atoms with van der Waals surface area (Å²) in [5.41, 5.74) is 2.58. The van der Waals surface area contributed by atoms with Crippen LogP contribution in [0.3, 0.4) is 0 Å². The minimum absolute atomic E-state index is 0.906. The Labute approximate surface area is 86.4 Å². The minimum Gasteiger partial charge on any atom is -0.406 e. The topological polar surface area (TPSA) is 12.5 Å². The molecular weight excluding hydrogens is 174 g/mol. The summed E-state index contributed by atoms with van der Waals surface area (Å²) in [7, 11) is 0. The maximum Gasteiger partial charge on any atom is 0.147 e. The largest absolute Gasteiger partial charge is 0.406 e. The Morgan fingerprint density at radius 2 is 1.71 bits per heavy atom. The van der Waals surface area contributed by atoms with Crippen molar-refractivity contribution in [1.29, 1.82) is 0 Å². The summed E-state index contributed by atoms with van der Waals surface area (Å²) in [4.78, 5) is 5.68. The molecule has 78 valence electrons. The van der Waals surface area contributed by atoms with E-state index in [1.807, 2.05) is 11.1 Å². The Balaban J connectivity index is 2.72. The van der Waals surface area contributed by atoms with Gasteiger partial charge in [-0.15, -0.1) is 5.06 Å². The van der Waals surface area contributed by atoms with Gasteiger partial charge in [0.25, 0.3) is 0 Å². The van der Waals surface area contributed by atoms with Gasteiger partial charge in [-0.2, -0.15) is 0 Å². The van der Waals surface area contributed by atoms with Crippen LogP contribution in [0.2, 0.25) is 0 Å². The number of aryl methyl sites for hydroxylation is 2. The Morgan fingerprint density at radius 1 is 1.07 bits per heavy atom. The van der Waals surface area contributed by atoms with Crippen LogP contribution in [-0.4, -0.2) is 18.2 Å². The second-order valence-electron chi connectivity index (χ2n) is 3.45. The zero-order valence-corrected chi connectivity index (χ0v) is 9.50. The number of benzene rings is 1. The fourth-order valence-electron chi connectivity index (χ4n) is 1.27. The van der Waals surface area contributed by atoms with Gasteiger partial charge in [0.2, 0.25) is 0 Å². The molecule has 0 aliphatic rings. The molecule has 0 aromatic heterocycles. The highest BCUT2D eigenvalue weighted by molar-refractivity contribution is 5.33. The van der Waals surface area contributed by atoms with E-state index in [2.05, 4.69) is 39.8 Å². The van der Waals surface area contributed by atoms with Crippen LogP contribution in [0.5, 0.6) is 5.75 Å². The van der Waals surface area contributed by atoms with E-state index < -0.39 is 0 Å². The molecule has 0 aliphatic carbocycles. The Kier molecular flexibility index (Phi) is 3.96. The molecule has 1 rings (SSSR count). The molecule has 2 heteroatoms. The van der Waals surface area contributed by atoms with E-state index in [0.717, 1.165) is 18.8 Å². The molecule has 0 spiro atoms. The third kappa shape index (κ3) is 2.74. The average molecular weight is 193 g/mol. The second kappa shape index (κ2) is 5.01. The molecule has 14 heavy (non-hydrogen) atoms. The van der Waals surface area contributed by atoms with Crippen molar-refractivity contribution in [3.05, 3.63) is 29.3 Å². The van der Waals surface area contributed by atoms with Crippen LogP contribution < -0.4 is 4.84 Å². The van der Waals surface area contributed by atoms with Gasteiger partial charge in [0, 0.05) is 13.1 Å². The van der Waals surface area contributed by atoms with Crippen LogP contribution in [0, 0.1) is 13.8 Å². The lowest BCUT2D eigenvalue weighted by atomic mass is 10.1. The zero-order chi connectivity index (χ0) is 10.6. The normalized spacial score (nSPS) is 10.6. The van der Waals surface area contributed by atoms with E-state index in [4.69, 9.17) is 4.84 Å². The van der Waals surface area contributed by atoms with Crippen molar-refractivity contribution < 1.29 is 4.84 Å². The first-order valence-electron chi connectivity index (χ1n) is 5.17. The third-order valence-electron chi connectivity index (χ3n) is 2.42. The highest BCUT2D eigenvalue weighted by atomic mass is 16.7. The molecule has 0 unspecified atom stereocenters. The zero-order valence-electron chi connectivity index (χ0n) is 9.50. The number of hydroxylamine groups is 2. The molecule has 0 heterocycles. The highest BCUT2D eigenvalue weighted by Gasteiger charge is 2.02. The van der Waals surface area contributed by atoms with Crippen LogP contribution >= 0.6 is 0 Å². The summed E-state index contributed by atoms with van der Waals surface area (Å²) in [5, 5.41) is 1.93. The predicted octanol–water partition coefficient (Wildman–Crippen LogP) is 2.94. The van der Waals surface area contributed by atoms with Gasteiger partial charge in [0.15, 0.2) is 0 Å². The fraction of sp³-hybridized carbons (Fsp3) is 0.500. The maximum absolute atomic E-state index is 5.68. The van der Waals surface area contributed by atoms with E-state index >= 15 is 0 Å². The van der Waals surface area contributed by atoms with E-state index in [-0.39, 0.29) is 0 Å². The molecule has 0 amide bonds.